The van der Waals surface area contributed by atoms with Gasteiger partial charge in [-0.1, -0.05) is 0 Å². The molecule has 0 saturated heterocycles. The van der Waals surface area contributed by atoms with Gasteiger partial charge >= 0.3 is 0 Å². The van der Waals surface area contributed by atoms with Gasteiger partial charge in [0.05, 0.1) is 5.69 Å². The molecule has 0 aliphatic heterocycles. The van der Waals surface area contributed by atoms with E-state index in [-0.39, 0.29) is 5.82 Å². The van der Waals surface area contributed by atoms with Crippen LogP contribution in [0.5, 0.6) is 0 Å². The third-order valence-corrected chi connectivity index (χ3v) is 4.41. The molecule has 2 heterocycles. The average Bonchev–Trinajstić information content (AvgIpc) is 2.84. The second kappa shape index (κ2) is 6.46. The number of aryl methyl sites for hydroxylation is 1. The Kier molecular flexibility index (Phi) is 4.39. The predicted molar refractivity (Wildman–Crippen MR) is 89.7 cm³/mol. The van der Waals surface area contributed by atoms with Crippen molar-refractivity contribution >= 4 is 10.9 Å². The van der Waals surface area contributed by atoms with Crippen LogP contribution in [0.4, 0.5) is 4.39 Å². The Labute approximate surface area is 135 Å². The zero-order chi connectivity index (χ0) is 16.4. The van der Waals surface area contributed by atoms with Crippen LogP contribution in [0.3, 0.4) is 0 Å². The number of hydrogen-bond acceptors (Lipinski definition) is 3. The molecule has 5 heteroatoms. The summed E-state index contributed by atoms with van der Waals surface area (Å²) in [5.74, 6) is -0.199. The van der Waals surface area contributed by atoms with E-state index in [4.69, 9.17) is 0 Å². The lowest BCUT2D eigenvalue weighted by Gasteiger charge is -2.24. The molecule has 120 valence electrons. The van der Waals surface area contributed by atoms with Gasteiger partial charge in [0.15, 0.2) is 0 Å². The molecule has 4 nitrogen and oxygen atoms in total. The molecule has 1 N–H and O–H groups in total. The van der Waals surface area contributed by atoms with Crippen molar-refractivity contribution in [3.05, 3.63) is 59.6 Å². The van der Waals surface area contributed by atoms with Crippen LogP contribution in [-0.2, 0) is 13.0 Å². The highest BCUT2D eigenvalue weighted by atomic mass is 19.1. The number of nitrogens with zero attached hydrogens (tertiary/aromatic N) is 3. The van der Waals surface area contributed by atoms with Gasteiger partial charge in [-0.05, 0) is 44.7 Å². The summed E-state index contributed by atoms with van der Waals surface area (Å²) in [5.41, 5.74) is 4.20. The SMILES string of the molecule is Cc1c(CN(C)[C@H](C)Cc2cnccn2)[nH]c2ccc(F)cc12. The largest absolute Gasteiger partial charge is 0.357 e. The summed E-state index contributed by atoms with van der Waals surface area (Å²) >= 11 is 0. The quantitative estimate of drug-likeness (QED) is 0.784. The van der Waals surface area contributed by atoms with Gasteiger partial charge in [-0.3, -0.25) is 14.9 Å². The molecular formula is C18H21FN4. The van der Waals surface area contributed by atoms with E-state index >= 15 is 0 Å². The number of fused-ring (bicyclic) bond motifs is 1. The molecule has 3 rings (SSSR count). The Morgan fingerprint density at radius 2 is 2.13 bits per heavy atom. The second-order valence-corrected chi connectivity index (χ2v) is 6.08. The van der Waals surface area contributed by atoms with Gasteiger partial charge in [0.25, 0.3) is 0 Å². The molecule has 1 aromatic carbocycles. The molecule has 0 aliphatic rings. The van der Waals surface area contributed by atoms with Gasteiger partial charge in [0.1, 0.15) is 5.82 Å². The van der Waals surface area contributed by atoms with E-state index in [0.717, 1.165) is 40.8 Å². The van der Waals surface area contributed by atoms with Crippen LogP contribution in [0.2, 0.25) is 0 Å². The van der Waals surface area contributed by atoms with Crippen molar-refractivity contribution in [2.24, 2.45) is 0 Å². The fraction of sp³-hybridized carbons (Fsp3) is 0.333. The fourth-order valence-corrected chi connectivity index (χ4v) is 2.81. The van der Waals surface area contributed by atoms with Crippen LogP contribution in [0.15, 0.2) is 36.8 Å². The van der Waals surface area contributed by atoms with E-state index in [0.29, 0.717) is 6.04 Å². The lowest BCUT2D eigenvalue weighted by molar-refractivity contribution is 0.244. The fourth-order valence-electron chi connectivity index (χ4n) is 2.81. The van der Waals surface area contributed by atoms with Crippen molar-refractivity contribution in [3.8, 4) is 0 Å². The summed E-state index contributed by atoms with van der Waals surface area (Å²) in [7, 11) is 2.09. The number of rotatable bonds is 5. The van der Waals surface area contributed by atoms with Gasteiger partial charge in [0, 0.05) is 54.2 Å². The Balaban J connectivity index is 1.74. The summed E-state index contributed by atoms with van der Waals surface area (Å²) < 4.78 is 13.4. The highest BCUT2D eigenvalue weighted by Gasteiger charge is 2.15. The van der Waals surface area contributed by atoms with Crippen molar-refractivity contribution in [2.45, 2.75) is 32.9 Å². The summed E-state index contributed by atoms with van der Waals surface area (Å²) in [6.07, 6.45) is 6.06. The maximum Gasteiger partial charge on any atom is 0.123 e. The highest BCUT2D eigenvalue weighted by molar-refractivity contribution is 5.84. The van der Waals surface area contributed by atoms with Crippen LogP contribution in [0.25, 0.3) is 10.9 Å². The zero-order valence-electron chi connectivity index (χ0n) is 13.7. The molecule has 23 heavy (non-hydrogen) atoms. The normalized spacial score (nSPS) is 12.9. The molecule has 2 aromatic heterocycles. The van der Waals surface area contributed by atoms with E-state index in [9.17, 15) is 4.39 Å². The maximum absolute atomic E-state index is 13.4. The van der Waals surface area contributed by atoms with Gasteiger partial charge in [0.2, 0.25) is 0 Å². The Morgan fingerprint density at radius 3 is 2.87 bits per heavy atom. The number of aromatic amines is 1. The van der Waals surface area contributed by atoms with E-state index in [1.807, 2.05) is 6.92 Å². The highest BCUT2D eigenvalue weighted by Crippen LogP contribution is 2.24. The predicted octanol–water partition coefficient (Wildman–Crippen LogP) is 3.47. The monoisotopic (exact) mass is 312 g/mol. The van der Waals surface area contributed by atoms with E-state index in [1.165, 1.54) is 6.07 Å². The first kappa shape index (κ1) is 15.6. The van der Waals surface area contributed by atoms with Crippen molar-refractivity contribution < 1.29 is 4.39 Å². The van der Waals surface area contributed by atoms with Gasteiger partial charge in [-0.2, -0.15) is 0 Å². The van der Waals surface area contributed by atoms with E-state index in [1.54, 1.807) is 30.7 Å². The average molecular weight is 312 g/mol. The summed E-state index contributed by atoms with van der Waals surface area (Å²) in [4.78, 5) is 14.1. The van der Waals surface area contributed by atoms with Gasteiger partial charge < -0.3 is 4.98 Å². The van der Waals surface area contributed by atoms with Crippen molar-refractivity contribution in [2.75, 3.05) is 7.05 Å². The lowest BCUT2D eigenvalue weighted by atomic mass is 10.1. The number of benzene rings is 1. The van der Waals surface area contributed by atoms with Crippen molar-refractivity contribution in [1.29, 1.82) is 0 Å². The Hall–Kier alpha value is -2.27. The standard InChI is InChI=1S/C18H21FN4/c1-12(8-15-10-20-6-7-21-15)23(3)11-18-13(2)16-9-14(19)4-5-17(16)22-18/h4-7,9-10,12,22H,8,11H2,1-3H3/t12-/m1/s1. The first-order valence-corrected chi connectivity index (χ1v) is 7.76. The van der Waals surface area contributed by atoms with E-state index < -0.39 is 0 Å². The minimum atomic E-state index is -0.199. The molecule has 0 bridgehead atoms. The number of hydrogen-bond donors (Lipinski definition) is 1. The molecule has 0 spiro atoms. The summed E-state index contributed by atoms with van der Waals surface area (Å²) in [5, 5.41) is 0.954. The molecular weight excluding hydrogens is 291 g/mol. The van der Waals surface area contributed by atoms with Crippen molar-refractivity contribution in [1.82, 2.24) is 19.9 Å². The van der Waals surface area contributed by atoms with Crippen LogP contribution >= 0.6 is 0 Å². The molecule has 0 unspecified atom stereocenters. The molecule has 0 radical (unpaired) electrons. The molecule has 3 aromatic rings. The molecule has 1 atom stereocenters. The third-order valence-electron chi connectivity index (χ3n) is 4.41. The minimum absolute atomic E-state index is 0.199. The smallest absolute Gasteiger partial charge is 0.123 e. The molecule has 0 aliphatic carbocycles. The molecule has 0 saturated carbocycles. The summed E-state index contributed by atoms with van der Waals surface area (Å²) in [6.45, 7) is 4.99. The number of H-pyrrole nitrogens is 1. The number of nitrogens with one attached hydrogen (secondary N) is 1. The first-order chi connectivity index (χ1) is 11.0. The lowest BCUT2D eigenvalue weighted by Crippen LogP contribution is -2.31. The number of halogens is 1. The maximum atomic E-state index is 13.4. The molecule has 0 fully saturated rings. The van der Waals surface area contributed by atoms with Crippen LogP contribution in [0, 0.1) is 12.7 Å². The topological polar surface area (TPSA) is 44.8 Å². The Bertz CT molecular complexity index is 797. The number of aromatic nitrogens is 3. The van der Waals surface area contributed by atoms with Gasteiger partial charge in [-0.15, -0.1) is 0 Å². The van der Waals surface area contributed by atoms with Crippen LogP contribution in [0.1, 0.15) is 23.9 Å². The first-order valence-electron chi connectivity index (χ1n) is 7.76. The van der Waals surface area contributed by atoms with Crippen LogP contribution in [-0.4, -0.2) is 32.9 Å². The number of likely N-dealkylation sites (N-methyl/N-ethyl adjacent to an activating group) is 1. The van der Waals surface area contributed by atoms with Crippen LogP contribution < -0.4 is 0 Å². The second-order valence-electron chi connectivity index (χ2n) is 6.08. The third kappa shape index (κ3) is 3.40. The molecule has 0 amide bonds. The Morgan fingerprint density at radius 1 is 1.30 bits per heavy atom. The minimum Gasteiger partial charge on any atom is -0.357 e. The van der Waals surface area contributed by atoms with Gasteiger partial charge in [-0.25, -0.2) is 4.39 Å². The zero-order valence-corrected chi connectivity index (χ0v) is 13.7. The van der Waals surface area contributed by atoms with E-state index in [2.05, 4.69) is 33.8 Å². The summed E-state index contributed by atoms with van der Waals surface area (Å²) in [6, 6.07) is 5.20. The van der Waals surface area contributed by atoms with Crippen molar-refractivity contribution in [3.63, 3.8) is 0 Å².